The number of anilines is 2. The van der Waals surface area contributed by atoms with Gasteiger partial charge < -0.3 is 26.1 Å². The molecule has 0 aliphatic carbocycles. The van der Waals surface area contributed by atoms with Crippen molar-refractivity contribution in [2.24, 2.45) is 23.0 Å². The smallest absolute Gasteiger partial charge is 0.345 e. The van der Waals surface area contributed by atoms with Crippen LogP contribution in [0.4, 0.5) is 20.6 Å². The maximum Gasteiger partial charge on any atom is 0.345 e. The highest BCUT2D eigenvalue weighted by atomic mass is 32.1. The van der Waals surface area contributed by atoms with Crippen LogP contribution in [0.5, 0.6) is 5.75 Å². The van der Waals surface area contributed by atoms with Gasteiger partial charge in [0.2, 0.25) is 11.4 Å². The van der Waals surface area contributed by atoms with E-state index in [1.807, 2.05) is 31.4 Å². The molecular formula is C39H39N10O5S+. The van der Waals surface area contributed by atoms with E-state index >= 15 is 0 Å². The van der Waals surface area contributed by atoms with Crippen molar-refractivity contribution >= 4 is 73.6 Å². The van der Waals surface area contributed by atoms with Crippen LogP contribution in [-0.4, -0.2) is 60.0 Å². The lowest BCUT2D eigenvalue weighted by Gasteiger charge is -2.27. The monoisotopic (exact) mass is 759 g/mol. The summed E-state index contributed by atoms with van der Waals surface area (Å²) in [6, 6.07) is 25.2. The number of amides is 3. The second-order valence-electron chi connectivity index (χ2n) is 12.3. The molecule has 16 heteroatoms. The fourth-order valence-electron chi connectivity index (χ4n) is 5.75. The molecule has 0 saturated carbocycles. The molecule has 0 spiro atoms. The highest BCUT2D eigenvalue weighted by Gasteiger charge is 2.18. The van der Waals surface area contributed by atoms with Crippen LogP contribution >= 0.6 is 11.3 Å². The number of carbonyl (C=O) groups excluding carboxylic acids is 2. The zero-order chi connectivity index (χ0) is 38.6. The minimum atomic E-state index is -0.571. The maximum atomic E-state index is 12.7. The topological polar surface area (TPSA) is 193 Å². The number of thiazole rings is 1. The Labute approximate surface area is 320 Å². The fourth-order valence-corrected chi connectivity index (χ4v) is 6.38. The van der Waals surface area contributed by atoms with E-state index in [-0.39, 0.29) is 29.2 Å². The number of aryl methyl sites for hydroxylation is 1. The molecule has 0 unspecified atom stereocenters. The number of nitrogens with two attached hydrogens (primary N) is 1. The van der Waals surface area contributed by atoms with Gasteiger partial charge in [0.15, 0.2) is 11.3 Å². The number of allylic oxidation sites excluding steroid dienone is 2. The van der Waals surface area contributed by atoms with E-state index in [0.717, 1.165) is 51.0 Å². The fraction of sp³-hybridized carbons (Fsp3) is 0.179. The molecule has 5 N–H and O–H groups in total. The Bertz CT molecular complexity index is 2300. The number of hydrazone groups is 1. The van der Waals surface area contributed by atoms with Crippen LogP contribution in [-0.2, 0) is 18.4 Å². The van der Waals surface area contributed by atoms with Gasteiger partial charge in [-0.1, -0.05) is 42.5 Å². The average Bonchev–Trinajstić information content (AvgIpc) is 3.68. The Morgan fingerprint density at radius 1 is 1.07 bits per heavy atom. The van der Waals surface area contributed by atoms with Gasteiger partial charge in [-0.15, -0.1) is 0 Å². The number of aromatic nitrogens is 2. The number of nitro groups is 1. The Morgan fingerprint density at radius 2 is 1.87 bits per heavy atom. The van der Waals surface area contributed by atoms with Gasteiger partial charge in [0.1, 0.15) is 31.3 Å². The van der Waals surface area contributed by atoms with E-state index in [2.05, 4.69) is 95.2 Å². The Morgan fingerprint density at radius 3 is 2.67 bits per heavy atom. The largest absolute Gasteiger partial charge is 0.487 e. The third kappa shape index (κ3) is 10.1. The molecule has 3 amide bonds. The molecule has 0 bridgehead atoms. The number of hydrogen-bond donors (Lipinski definition) is 4. The number of para-hydroxylation sites is 2. The van der Waals surface area contributed by atoms with Crippen molar-refractivity contribution in [1.29, 1.82) is 0 Å². The molecule has 15 nitrogen and oxygen atoms in total. The average molecular weight is 760 g/mol. The maximum absolute atomic E-state index is 12.7. The zero-order valence-electron chi connectivity index (χ0n) is 29.9. The predicted molar refractivity (Wildman–Crippen MR) is 215 cm³/mol. The van der Waals surface area contributed by atoms with E-state index in [4.69, 9.17) is 10.6 Å². The van der Waals surface area contributed by atoms with Gasteiger partial charge in [-0.3, -0.25) is 25.2 Å². The van der Waals surface area contributed by atoms with Crippen molar-refractivity contribution in [3.05, 3.63) is 130 Å². The van der Waals surface area contributed by atoms with E-state index in [0.29, 0.717) is 37.5 Å². The van der Waals surface area contributed by atoms with E-state index in [1.165, 1.54) is 11.6 Å². The van der Waals surface area contributed by atoms with Crippen molar-refractivity contribution in [1.82, 2.24) is 15.6 Å². The van der Waals surface area contributed by atoms with Gasteiger partial charge in [0, 0.05) is 61.9 Å². The first-order valence-corrected chi connectivity index (χ1v) is 18.1. The third-order valence-corrected chi connectivity index (χ3v) is 9.41. The van der Waals surface area contributed by atoms with Gasteiger partial charge in [-0.05, 0) is 64.5 Å². The number of pyridine rings is 1. The summed E-state index contributed by atoms with van der Waals surface area (Å²) < 4.78 is 7.88. The number of fused-ring (bicyclic) bond motifs is 2. The summed E-state index contributed by atoms with van der Waals surface area (Å²) in [5.41, 5.74) is 6.78. The van der Waals surface area contributed by atoms with Crippen LogP contribution < -0.4 is 36.0 Å². The molecule has 0 radical (unpaired) electrons. The van der Waals surface area contributed by atoms with E-state index in [1.54, 1.807) is 24.3 Å². The molecule has 55 heavy (non-hydrogen) atoms. The molecule has 0 saturated heterocycles. The van der Waals surface area contributed by atoms with Crippen molar-refractivity contribution < 1.29 is 23.8 Å². The Balaban J connectivity index is 0.905. The van der Waals surface area contributed by atoms with Gasteiger partial charge >= 0.3 is 11.0 Å². The van der Waals surface area contributed by atoms with Crippen LogP contribution in [0.25, 0.3) is 22.6 Å². The number of nitrogens with zero attached hydrogens (tertiary/aromatic N) is 6. The first-order valence-electron chi connectivity index (χ1n) is 17.3. The van der Waals surface area contributed by atoms with Gasteiger partial charge in [-0.25, -0.2) is 14.3 Å². The Hall–Kier alpha value is -6.94. The number of nitrogens with one attached hydrogen (secondary N) is 3. The zero-order valence-corrected chi connectivity index (χ0v) is 30.7. The molecule has 1 aliphatic rings. The molecule has 2 aromatic heterocycles. The Kier molecular flexibility index (Phi) is 12.5. The first kappa shape index (κ1) is 37.8. The highest BCUT2D eigenvalue weighted by molar-refractivity contribution is 7.18. The number of urea groups is 1. The second-order valence-corrected chi connectivity index (χ2v) is 13.3. The molecule has 280 valence electrons. The number of hydrogen-bond acceptors (Lipinski definition) is 11. The molecule has 6 rings (SSSR count). The predicted octanol–water partition coefficient (Wildman–Crippen LogP) is 5.20. The summed E-state index contributed by atoms with van der Waals surface area (Å²) in [5.74, 6) is 6.01. The van der Waals surface area contributed by atoms with Crippen molar-refractivity contribution in [3.8, 4) is 5.75 Å². The van der Waals surface area contributed by atoms with Crippen LogP contribution in [0, 0.1) is 10.1 Å². The molecule has 3 aromatic carbocycles. The lowest BCUT2D eigenvalue weighted by molar-refractivity contribution is -0.644. The molecule has 1 aliphatic heterocycles. The lowest BCUT2D eigenvalue weighted by atomic mass is 9.96. The minimum Gasteiger partial charge on any atom is -0.487 e. The van der Waals surface area contributed by atoms with Crippen LogP contribution in [0.2, 0.25) is 0 Å². The normalized spacial score (nSPS) is 13.2. The van der Waals surface area contributed by atoms with E-state index in [9.17, 15) is 19.7 Å². The van der Waals surface area contributed by atoms with Crippen LogP contribution in [0.15, 0.2) is 114 Å². The third-order valence-electron chi connectivity index (χ3n) is 8.55. The molecule has 3 heterocycles. The second kappa shape index (κ2) is 18.2. The molecule has 5 aromatic rings. The van der Waals surface area contributed by atoms with Gasteiger partial charge in [0.25, 0.3) is 0 Å². The number of rotatable bonds is 15. The van der Waals surface area contributed by atoms with Gasteiger partial charge in [0.05, 0.1) is 16.9 Å². The van der Waals surface area contributed by atoms with Crippen LogP contribution in [0.3, 0.4) is 0 Å². The molecule has 0 atom stereocenters. The number of benzene rings is 3. The van der Waals surface area contributed by atoms with Crippen molar-refractivity contribution in [3.63, 3.8) is 0 Å². The summed E-state index contributed by atoms with van der Waals surface area (Å²) in [7, 11) is 2.05. The van der Waals surface area contributed by atoms with Crippen molar-refractivity contribution in [2.75, 3.05) is 36.5 Å². The van der Waals surface area contributed by atoms with Crippen LogP contribution in [0.1, 0.15) is 23.1 Å². The van der Waals surface area contributed by atoms with Crippen molar-refractivity contribution in [2.45, 2.75) is 13.0 Å². The summed E-state index contributed by atoms with van der Waals surface area (Å²) in [6.45, 7) is 1.51. The van der Waals surface area contributed by atoms with Gasteiger partial charge in [-0.2, -0.15) is 5.10 Å². The number of carbonyl (C=O) groups is 2. The number of aliphatic imine (C=N–C) groups is 1. The number of ether oxygens (including phenoxy) is 1. The highest BCUT2D eigenvalue weighted by Crippen LogP contribution is 2.34. The summed E-state index contributed by atoms with van der Waals surface area (Å²) in [6.07, 6.45) is 11.3. The molecular weight excluding hydrogens is 721 g/mol. The summed E-state index contributed by atoms with van der Waals surface area (Å²) >= 11 is 0.767. The minimum absolute atomic E-state index is 0.0767. The lowest BCUT2D eigenvalue weighted by Crippen LogP contribution is -2.31. The summed E-state index contributed by atoms with van der Waals surface area (Å²) in [5, 5.41) is 23.7. The standard InChI is InChI=1S/C39H38N10O5S/c1-47-19-14-28(32-6-2-4-8-34(32)47)22-29-15-20-48(35-9-5-3-7-33(29)35)21-16-36(50)42-18-17-41-24-30(46-40)26-54-31-12-10-27(11-13-31)23-43-38(51)45-39-44-25-37(55-39)49(52)53/h2-15,19-20,22,24-25H,16-18,21,23,26H2,1H3,(H4-,40,41,42,43,44,45,50,51)/p+1. The SMILES string of the molecule is C[n+]1ccc(/C=C2/C=CN(CCC(=O)NCCN=C/C(COc3ccc(CNC(=O)Nc4ncc([N+](=O)[O-])s4)cc3)=N\N)c3ccccc32)c2ccccc21. The quantitative estimate of drug-likeness (QED) is 0.0280. The summed E-state index contributed by atoms with van der Waals surface area (Å²) in [4.78, 5) is 45.3. The van der Waals surface area contributed by atoms with E-state index < -0.39 is 11.0 Å². The molecule has 0 fully saturated rings. The first-order chi connectivity index (χ1) is 26.8.